The molecule has 3 rings (SSSR count). The van der Waals surface area contributed by atoms with E-state index in [-0.39, 0.29) is 12.5 Å². The summed E-state index contributed by atoms with van der Waals surface area (Å²) in [6.45, 7) is 4.42. The molecular formula is C27H33NO3. The number of nitrogens with zero attached hydrogens (tertiary/aromatic N) is 1. The number of esters is 1. The van der Waals surface area contributed by atoms with E-state index in [0.29, 0.717) is 12.1 Å². The van der Waals surface area contributed by atoms with E-state index in [1.54, 1.807) is 0 Å². The predicted molar refractivity (Wildman–Crippen MR) is 123 cm³/mol. The van der Waals surface area contributed by atoms with Gasteiger partial charge in [0.2, 0.25) is 0 Å². The maximum atomic E-state index is 13.0. The van der Waals surface area contributed by atoms with Crippen molar-refractivity contribution in [3.63, 3.8) is 0 Å². The zero-order chi connectivity index (χ0) is 21.9. The van der Waals surface area contributed by atoms with Crippen LogP contribution in [-0.2, 0) is 21.7 Å². The molecule has 0 amide bonds. The summed E-state index contributed by atoms with van der Waals surface area (Å²) >= 11 is 0. The second kappa shape index (κ2) is 11.7. The van der Waals surface area contributed by atoms with Gasteiger partial charge >= 0.3 is 5.97 Å². The van der Waals surface area contributed by atoms with Gasteiger partial charge in [0.25, 0.3) is 0 Å². The summed E-state index contributed by atoms with van der Waals surface area (Å²) in [5.41, 5.74) is 0.254. The van der Waals surface area contributed by atoms with Gasteiger partial charge in [0.1, 0.15) is 0 Å². The van der Waals surface area contributed by atoms with Gasteiger partial charge in [-0.1, -0.05) is 98.7 Å². The minimum Gasteiger partial charge on any atom is -0.450 e. The highest BCUT2D eigenvalue weighted by molar-refractivity contribution is 5.81. The molecule has 0 aliphatic heterocycles. The first-order chi connectivity index (χ1) is 15.1. The fourth-order valence-electron chi connectivity index (χ4n) is 4.28. The minimum atomic E-state index is -1.61. The Balaban J connectivity index is 1.59. The van der Waals surface area contributed by atoms with Gasteiger partial charge in [0.15, 0.2) is 12.2 Å². The van der Waals surface area contributed by atoms with Crippen LogP contribution in [-0.4, -0.2) is 35.7 Å². The van der Waals surface area contributed by atoms with Crippen LogP contribution in [0.25, 0.3) is 0 Å². The molecule has 2 aromatic carbocycles. The van der Waals surface area contributed by atoms with Crippen LogP contribution in [0.2, 0.25) is 0 Å². The lowest BCUT2D eigenvalue weighted by Gasteiger charge is -2.36. The van der Waals surface area contributed by atoms with E-state index in [2.05, 4.69) is 35.8 Å². The first-order valence-corrected chi connectivity index (χ1v) is 11.3. The number of rotatable bonds is 8. The molecule has 0 bridgehead atoms. The van der Waals surface area contributed by atoms with Crippen molar-refractivity contribution in [2.24, 2.45) is 5.92 Å². The quantitative estimate of drug-likeness (QED) is 0.505. The Morgan fingerprint density at radius 3 is 2.32 bits per heavy atom. The van der Waals surface area contributed by atoms with Gasteiger partial charge < -0.3 is 9.84 Å². The Labute approximate surface area is 186 Å². The summed E-state index contributed by atoms with van der Waals surface area (Å²) in [7, 11) is 0. The van der Waals surface area contributed by atoms with Crippen molar-refractivity contribution in [1.82, 2.24) is 4.90 Å². The standard InChI is InChI=1S/C27H33NO3/c1-2-28(22-23-14-6-3-7-15-23)20-12-13-21-31-26(29)27(30,24-16-8-4-9-17-24)25-18-10-5-11-19-25/h3-4,6-9,14-17,25,30H,2,5,10-11,18-22H2,1H3/t27-/m0/s1. The molecule has 31 heavy (non-hydrogen) atoms. The molecule has 0 aromatic heterocycles. The lowest BCUT2D eigenvalue weighted by atomic mass is 9.73. The molecule has 1 aliphatic carbocycles. The summed E-state index contributed by atoms with van der Waals surface area (Å²) < 4.78 is 5.47. The highest BCUT2D eigenvalue weighted by atomic mass is 16.5. The van der Waals surface area contributed by atoms with Gasteiger partial charge in [-0.25, -0.2) is 4.79 Å². The Morgan fingerprint density at radius 2 is 1.68 bits per heavy atom. The SMILES string of the molecule is CCN(CC#CCOC(=O)[C@](O)(c1ccccc1)C1CCCCC1)Cc1ccccc1. The first-order valence-electron chi connectivity index (χ1n) is 11.3. The molecule has 1 N–H and O–H groups in total. The van der Waals surface area contributed by atoms with E-state index in [4.69, 9.17) is 4.74 Å². The van der Waals surface area contributed by atoms with E-state index in [1.807, 2.05) is 48.5 Å². The number of ether oxygens (including phenoxy) is 1. The van der Waals surface area contributed by atoms with Crippen molar-refractivity contribution in [2.45, 2.75) is 51.2 Å². The second-order valence-electron chi connectivity index (χ2n) is 8.19. The van der Waals surface area contributed by atoms with Gasteiger partial charge in [-0.05, 0) is 30.5 Å². The normalized spacial score (nSPS) is 16.2. The Bertz CT molecular complexity index is 866. The van der Waals surface area contributed by atoms with Crippen molar-refractivity contribution < 1.29 is 14.6 Å². The molecule has 1 aliphatic rings. The van der Waals surface area contributed by atoms with Crippen molar-refractivity contribution in [3.05, 3.63) is 71.8 Å². The van der Waals surface area contributed by atoms with Crippen LogP contribution < -0.4 is 0 Å². The number of benzene rings is 2. The molecule has 0 radical (unpaired) electrons. The largest absolute Gasteiger partial charge is 0.450 e. The van der Waals surface area contributed by atoms with Gasteiger partial charge in [-0.15, -0.1) is 0 Å². The van der Waals surface area contributed by atoms with Crippen molar-refractivity contribution >= 4 is 5.97 Å². The van der Waals surface area contributed by atoms with Crippen molar-refractivity contribution in [3.8, 4) is 11.8 Å². The third-order valence-electron chi connectivity index (χ3n) is 6.12. The molecule has 0 spiro atoms. The highest BCUT2D eigenvalue weighted by Crippen LogP contribution is 2.40. The maximum Gasteiger partial charge on any atom is 0.344 e. The summed E-state index contributed by atoms with van der Waals surface area (Å²) in [5.74, 6) is 5.34. The molecular weight excluding hydrogens is 386 g/mol. The molecule has 2 aromatic rings. The molecule has 1 saturated carbocycles. The van der Waals surface area contributed by atoms with Crippen LogP contribution in [0.5, 0.6) is 0 Å². The predicted octanol–water partition coefficient (Wildman–Crippen LogP) is 4.52. The van der Waals surface area contributed by atoms with Gasteiger partial charge in [0, 0.05) is 12.5 Å². The highest BCUT2D eigenvalue weighted by Gasteiger charge is 2.47. The molecule has 0 saturated heterocycles. The molecule has 0 unspecified atom stereocenters. The third kappa shape index (κ3) is 6.19. The van der Waals surface area contributed by atoms with Crippen LogP contribution in [0.15, 0.2) is 60.7 Å². The lowest BCUT2D eigenvalue weighted by Crippen LogP contribution is -2.45. The fraction of sp³-hybridized carbons (Fsp3) is 0.444. The van der Waals surface area contributed by atoms with Crippen LogP contribution >= 0.6 is 0 Å². The average Bonchev–Trinajstić information content (AvgIpc) is 2.84. The van der Waals surface area contributed by atoms with Gasteiger partial charge in [0.05, 0.1) is 6.54 Å². The van der Waals surface area contributed by atoms with Gasteiger partial charge in [-0.2, -0.15) is 0 Å². The monoisotopic (exact) mass is 419 g/mol. The number of carbonyl (C=O) groups excluding carboxylic acids is 1. The Hall–Kier alpha value is -2.61. The molecule has 1 atom stereocenters. The number of hydrogen-bond acceptors (Lipinski definition) is 4. The number of carbonyl (C=O) groups is 1. The van der Waals surface area contributed by atoms with E-state index >= 15 is 0 Å². The van der Waals surface area contributed by atoms with E-state index < -0.39 is 11.6 Å². The van der Waals surface area contributed by atoms with Crippen LogP contribution in [0, 0.1) is 17.8 Å². The zero-order valence-corrected chi connectivity index (χ0v) is 18.4. The van der Waals surface area contributed by atoms with E-state index in [9.17, 15) is 9.90 Å². The summed E-state index contributed by atoms with van der Waals surface area (Å²) in [6.07, 6.45) is 4.87. The van der Waals surface area contributed by atoms with Gasteiger partial charge in [-0.3, -0.25) is 4.90 Å². The summed E-state index contributed by atoms with van der Waals surface area (Å²) in [6, 6.07) is 19.5. The Kier molecular flexibility index (Phi) is 8.70. The third-order valence-corrected chi connectivity index (χ3v) is 6.12. The minimum absolute atomic E-state index is 0.0103. The smallest absolute Gasteiger partial charge is 0.344 e. The molecule has 4 heteroatoms. The number of hydrogen-bond donors (Lipinski definition) is 1. The van der Waals surface area contributed by atoms with E-state index in [0.717, 1.165) is 45.2 Å². The fourth-order valence-corrected chi connectivity index (χ4v) is 4.28. The zero-order valence-electron chi connectivity index (χ0n) is 18.4. The van der Waals surface area contributed by atoms with Crippen molar-refractivity contribution in [2.75, 3.05) is 19.7 Å². The second-order valence-corrected chi connectivity index (χ2v) is 8.19. The van der Waals surface area contributed by atoms with Crippen LogP contribution in [0.1, 0.15) is 50.2 Å². The molecule has 4 nitrogen and oxygen atoms in total. The molecule has 0 heterocycles. The summed E-state index contributed by atoms with van der Waals surface area (Å²) in [5, 5.41) is 11.5. The van der Waals surface area contributed by atoms with E-state index in [1.165, 1.54) is 5.56 Å². The Morgan fingerprint density at radius 1 is 1.03 bits per heavy atom. The maximum absolute atomic E-state index is 13.0. The summed E-state index contributed by atoms with van der Waals surface area (Å²) in [4.78, 5) is 15.2. The van der Waals surface area contributed by atoms with Crippen LogP contribution in [0.4, 0.5) is 0 Å². The number of aliphatic hydroxyl groups is 1. The average molecular weight is 420 g/mol. The topological polar surface area (TPSA) is 49.8 Å². The van der Waals surface area contributed by atoms with Crippen LogP contribution in [0.3, 0.4) is 0 Å². The lowest BCUT2D eigenvalue weighted by molar-refractivity contribution is -0.174. The molecule has 164 valence electrons. The first kappa shape index (κ1) is 23.1. The molecule has 1 fully saturated rings. The van der Waals surface area contributed by atoms with Crippen molar-refractivity contribution in [1.29, 1.82) is 0 Å².